The molecule has 1 heterocycles. The predicted molar refractivity (Wildman–Crippen MR) is 124 cm³/mol. The van der Waals surface area contributed by atoms with Crippen molar-refractivity contribution in [2.24, 2.45) is 4.99 Å². The minimum atomic E-state index is -0.00977. The van der Waals surface area contributed by atoms with Crippen LogP contribution in [0.2, 0.25) is 0 Å². The first-order valence-electron chi connectivity index (χ1n) is 9.73. The van der Waals surface area contributed by atoms with E-state index in [4.69, 9.17) is 0 Å². The van der Waals surface area contributed by atoms with Gasteiger partial charge in [0.15, 0.2) is 5.96 Å². The second-order valence-electron chi connectivity index (χ2n) is 6.77. The molecule has 1 aliphatic heterocycles. The fourth-order valence-electron chi connectivity index (χ4n) is 2.89. The number of halogens is 1. The molecule has 1 fully saturated rings. The number of hydrogen-bond donors (Lipinski definition) is 3. The Bertz CT molecular complexity index is 653. The van der Waals surface area contributed by atoms with Crippen LogP contribution in [-0.2, 0) is 9.59 Å². The lowest BCUT2D eigenvalue weighted by Gasteiger charge is -2.19. The van der Waals surface area contributed by atoms with Crippen molar-refractivity contribution in [3.63, 3.8) is 0 Å². The molecule has 2 atom stereocenters. The maximum atomic E-state index is 12.3. The third-order valence-corrected chi connectivity index (χ3v) is 4.51. The van der Waals surface area contributed by atoms with Crippen molar-refractivity contribution in [3.8, 4) is 0 Å². The number of benzene rings is 1. The van der Waals surface area contributed by atoms with Crippen molar-refractivity contribution < 1.29 is 9.59 Å². The van der Waals surface area contributed by atoms with E-state index in [1.165, 1.54) is 0 Å². The summed E-state index contributed by atoms with van der Waals surface area (Å²) < 4.78 is 0. The van der Waals surface area contributed by atoms with Crippen molar-refractivity contribution in [1.29, 1.82) is 0 Å². The number of rotatable bonds is 8. The molecule has 8 heteroatoms. The van der Waals surface area contributed by atoms with Crippen LogP contribution < -0.4 is 20.9 Å². The molecular formula is C20H32IN5O2. The van der Waals surface area contributed by atoms with Gasteiger partial charge in [0.2, 0.25) is 11.8 Å². The fraction of sp³-hybridized carbons (Fsp3) is 0.550. The average molecular weight is 501 g/mol. The molecule has 1 aliphatic rings. The molecular weight excluding hydrogens is 469 g/mol. The van der Waals surface area contributed by atoms with E-state index in [0.717, 1.165) is 12.1 Å². The topological polar surface area (TPSA) is 85.8 Å². The zero-order chi connectivity index (χ0) is 19.6. The summed E-state index contributed by atoms with van der Waals surface area (Å²) in [7, 11) is 0. The second-order valence-corrected chi connectivity index (χ2v) is 6.77. The van der Waals surface area contributed by atoms with E-state index in [9.17, 15) is 9.59 Å². The number of guanidine groups is 1. The van der Waals surface area contributed by atoms with Crippen LogP contribution in [0.4, 0.5) is 5.69 Å². The number of aliphatic imine (C=N–C) groups is 1. The smallest absolute Gasteiger partial charge is 0.229 e. The van der Waals surface area contributed by atoms with Crippen LogP contribution in [0, 0.1) is 0 Å². The Hall–Kier alpha value is -1.84. The third kappa shape index (κ3) is 7.65. The highest BCUT2D eigenvalue weighted by molar-refractivity contribution is 14.0. The van der Waals surface area contributed by atoms with Crippen LogP contribution in [0.5, 0.6) is 0 Å². The summed E-state index contributed by atoms with van der Waals surface area (Å²) in [6, 6.07) is 9.85. The zero-order valence-corrected chi connectivity index (χ0v) is 19.2. The molecule has 0 aliphatic carbocycles. The van der Waals surface area contributed by atoms with Crippen molar-refractivity contribution in [1.82, 2.24) is 16.0 Å². The Balaban J connectivity index is 0.00000392. The van der Waals surface area contributed by atoms with Crippen molar-refractivity contribution >= 4 is 47.4 Å². The van der Waals surface area contributed by atoms with Gasteiger partial charge in [-0.2, -0.15) is 0 Å². The van der Waals surface area contributed by atoms with E-state index >= 15 is 0 Å². The lowest BCUT2D eigenvalue weighted by molar-refractivity contribution is -0.121. The molecule has 0 bridgehead atoms. The molecule has 0 radical (unpaired) electrons. The van der Waals surface area contributed by atoms with Gasteiger partial charge >= 0.3 is 0 Å². The van der Waals surface area contributed by atoms with Gasteiger partial charge in [-0.15, -0.1) is 24.0 Å². The highest BCUT2D eigenvalue weighted by Gasteiger charge is 2.31. The maximum absolute atomic E-state index is 12.3. The van der Waals surface area contributed by atoms with E-state index in [1.807, 2.05) is 51.1 Å². The quantitative estimate of drug-likeness (QED) is 0.290. The van der Waals surface area contributed by atoms with E-state index in [2.05, 4.69) is 20.9 Å². The van der Waals surface area contributed by atoms with Gasteiger partial charge in [0.1, 0.15) is 0 Å². The number of amides is 2. The lowest BCUT2D eigenvalue weighted by atomic mass is 10.2. The van der Waals surface area contributed by atoms with Gasteiger partial charge in [-0.05, 0) is 32.4 Å². The number of nitrogens with one attached hydrogen (secondary N) is 3. The van der Waals surface area contributed by atoms with Gasteiger partial charge in [0.25, 0.3) is 0 Å². The summed E-state index contributed by atoms with van der Waals surface area (Å²) in [5.41, 5.74) is 0.912. The van der Waals surface area contributed by atoms with E-state index in [-0.39, 0.29) is 47.9 Å². The summed E-state index contributed by atoms with van der Waals surface area (Å²) in [4.78, 5) is 30.5. The molecule has 2 rings (SSSR count). The highest BCUT2D eigenvalue weighted by atomic mass is 127. The molecule has 156 valence electrons. The van der Waals surface area contributed by atoms with Crippen LogP contribution in [0.15, 0.2) is 35.3 Å². The van der Waals surface area contributed by atoms with Crippen LogP contribution in [0.1, 0.15) is 40.0 Å². The first-order chi connectivity index (χ1) is 13.0. The van der Waals surface area contributed by atoms with Crippen molar-refractivity contribution in [2.45, 2.75) is 52.1 Å². The van der Waals surface area contributed by atoms with E-state index in [0.29, 0.717) is 38.4 Å². The monoisotopic (exact) mass is 501 g/mol. The van der Waals surface area contributed by atoms with Gasteiger partial charge in [0, 0.05) is 37.7 Å². The molecule has 0 saturated carbocycles. The largest absolute Gasteiger partial charge is 0.357 e. The molecule has 1 aromatic carbocycles. The Kier molecular flexibility index (Phi) is 10.9. The van der Waals surface area contributed by atoms with Gasteiger partial charge in [-0.1, -0.05) is 25.1 Å². The van der Waals surface area contributed by atoms with Crippen molar-refractivity contribution in [2.75, 3.05) is 24.5 Å². The molecule has 0 spiro atoms. The molecule has 28 heavy (non-hydrogen) atoms. The Morgan fingerprint density at radius 2 is 2.00 bits per heavy atom. The summed E-state index contributed by atoms with van der Waals surface area (Å²) in [6.45, 7) is 7.74. The molecule has 7 nitrogen and oxygen atoms in total. The average Bonchev–Trinajstić information content (AvgIpc) is 3.02. The zero-order valence-electron chi connectivity index (χ0n) is 16.9. The number of nitrogens with zero attached hydrogens (tertiary/aromatic N) is 2. The van der Waals surface area contributed by atoms with Gasteiger partial charge < -0.3 is 20.9 Å². The van der Waals surface area contributed by atoms with E-state index in [1.54, 1.807) is 4.90 Å². The predicted octanol–water partition coefficient (Wildman–Crippen LogP) is 2.27. The van der Waals surface area contributed by atoms with Crippen LogP contribution in [0.25, 0.3) is 0 Å². The van der Waals surface area contributed by atoms with Crippen LogP contribution >= 0.6 is 24.0 Å². The molecule has 2 unspecified atom stereocenters. The summed E-state index contributed by atoms with van der Waals surface area (Å²) in [5, 5.41) is 9.44. The number of para-hydroxylation sites is 1. The maximum Gasteiger partial charge on any atom is 0.229 e. The van der Waals surface area contributed by atoms with Crippen molar-refractivity contribution in [3.05, 3.63) is 30.3 Å². The molecule has 0 aromatic heterocycles. The fourth-order valence-corrected chi connectivity index (χ4v) is 2.89. The third-order valence-electron chi connectivity index (χ3n) is 4.51. The SMILES string of the molecule is CCNC(=NCCC(=O)NC(C)CC)NC1CC(=O)N(c2ccccc2)C1.I. The van der Waals surface area contributed by atoms with Gasteiger partial charge in [0.05, 0.1) is 12.6 Å². The first-order valence-corrected chi connectivity index (χ1v) is 9.73. The molecule has 1 aromatic rings. The van der Waals surface area contributed by atoms with Crippen LogP contribution in [0.3, 0.4) is 0 Å². The minimum absolute atomic E-state index is 0. The lowest BCUT2D eigenvalue weighted by Crippen LogP contribution is -2.44. The number of anilines is 1. The first kappa shape index (κ1) is 24.2. The van der Waals surface area contributed by atoms with E-state index < -0.39 is 0 Å². The molecule has 1 saturated heterocycles. The normalized spacial score (nSPS) is 17.7. The summed E-state index contributed by atoms with van der Waals surface area (Å²) >= 11 is 0. The Labute approximate surface area is 184 Å². The standard InChI is InChI=1S/C20H31N5O2.HI/c1-4-15(3)23-18(26)11-12-22-20(21-5-2)24-16-13-19(27)25(14-16)17-9-7-6-8-10-17;/h6-10,15-16H,4-5,11-14H2,1-3H3,(H,23,26)(H2,21,22,24);1H. The summed E-state index contributed by atoms with van der Waals surface area (Å²) in [5.74, 6) is 0.749. The number of hydrogen-bond acceptors (Lipinski definition) is 3. The highest BCUT2D eigenvalue weighted by Crippen LogP contribution is 2.20. The Morgan fingerprint density at radius 1 is 1.29 bits per heavy atom. The van der Waals surface area contributed by atoms with Gasteiger partial charge in [-0.3, -0.25) is 14.6 Å². The summed E-state index contributed by atoms with van der Waals surface area (Å²) in [6.07, 6.45) is 1.68. The molecule has 2 amide bonds. The Morgan fingerprint density at radius 3 is 2.64 bits per heavy atom. The minimum Gasteiger partial charge on any atom is -0.357 e. The molecule has 3 N–H and O–H groups in total. The van der Waals surface area contributed by atoms with Gasteiger partial charge in [-0.25, -0.2) is 0 Å². The second kappa shape index (κ2) is 12.6. The van der Waals surface area contributed by atoms with Crippen LogP contribution in [-0.4, -0.2) is 49.5 Å². The number of carbonyl (C=O) groups is 2. The number of carbonyl (C=O) groups excluding carboxylic acids is 2.